The molecule has 0 aliphatic carbocycles. The van der Waals surface area contributed by atoms with E-state index < -0.39 is 24.0 Å². The molecule has 0 aliphatic rings. The summed E-state index contributed by atoms with van der Waals surface area (Å²) in [4.78, 5) is 0. The molecule has 1 atom stereocenters. The van der Waals surface area contributed by atoms with Gasteiger partial charge in [-0.05, 0) is 18.4 Å². The minimum Gasteiger partial charge on any atom is -0.496 e. The number of benzene rings is 1. The molecule has 0 amide bonds. The summed E-state index contributed by atoms with van der Waals surface area (Å²) in [6, 6.07) is 2.32. The van der Waals surface area contributed by atoms with Gasteiger partial charge in [-0.2, -0.15) is 0 Å². The second-order valence-electron chi connectivity index (χ2n) is 4.46. The average Bonchev–Trinajstić information content (AvgIpc) is 2.25. The van der Waals surface area contributed by atoms with E-state index >= 15 is 0 Å². The number of hydrogen-bond donors (Lipinski definition) is 0. The van der Waals surface area contributed by atoms with E-state index in [4.69, 9.17) is 4.74 Å². The zero-order valence-corrected chi connectivity index (χ0v) is 14.6. The van der Waals surface area contributed by atoms with Crippen LogP contribution in [-0.2, 0) is 0 Å². The molecular weight excluding hydrogens is 286 g/mol. The van der Waals surface area contributed by atoms with Gasteiger partial charge in [-0.15, -0.1) is 0 Å². The first-order chi connectivity index (χ1) is 8.34. The predicted molar refractivity (Wildman–Crippen MR) is 64.7 cm³/mol. The van der Waals surface area contributed by atoms with Gasteiger partial charge in [-0.1, -0.05) is 31.8 Å². The third-order valence-corrected chi connectivity index (χ3v) is 2.63. The quantitative estimate of drug-likeness (QED) is 0.555. The maximum Gasteiger partial charge on any atom is 1.00 e. The van der Waals surface area contributed by atoms with E-state index in [1.54, 1.807) is 0 Å². The van der Waals surface area contributed by atoms with Gasteiger partial charge < -0.3 is 17.7 Å². The minimum atomic E-state index is -5.18. The van der Waals surface area contributed by atoms with Crippen molar-refractivity contribution in [1.29, 1.82) is 0 Å². The maximum absolute atomic E-state index is 13.0. The molecule has 0 bridgehead atoms. The number of halogens is 4. The Morgan fingerprint density at radius 2 is 1.89 bits per heavy atom. The molecule has 1 aromatic rings. The van der Waals surface area contributed by atoms with Crippen LogP contribution in [0.2, 0.25) is 0 Å². The fourth-order valence-corrected chi connectivity index (χ4v) is 1.71. The molecule has 0 aliphatic heterocycles. The summed E-state index contributed by atoms with van der Waals surface area (Å²) in [7, 11) is 0. The minimum absolute atomic E-state index is 0. The normalized spacial score (nSPS) is 12.7. The topological polar surface area (TPSA) is 9.23 Å². The Balaban J connectivity index is 0.00000324. The van der Waals surface area contributed by atoms with E-state index in [2.05, 4.69) is 0 Å². The summed E-state index contributed by atoms with van der Waals surface area (Å²) in [5.74, 6) is -0.991. The largest absolute Gasteiger partial charge is 1.00 e. The van der Waals surface area contributed by atoms with E-state index in [0.29, 0.717) is 0 Å². The predicted octanol–water partition coefficient (Wildman–Crippen LogP) is 0.699. The smallest absolute Gasteiger partial charge is 0.496 e. The van der Waals surface area contributed by atoms with Gasteiger partial charge in [-0.25, -0.2) is 4.39 Å². The Bertz CT molecular complexity index is 398. The number of ether oxygens (including phenoxy) is 1. The Morgan fingerprint density at radius 3 is 2.42 bits per heavy atom. The molecule has 0 heterocycles. The first kappa shape index (κ1) is 19.4. The first-order valence-electron chi connectivity index (χ1n) is 5.96. The molecule has 0 spiro atoms. The van der Waals surface area contributed by atoms with Gasteiger partial charge in [0.25, 0.3) is 0 Å². The van der Waals surface area contributed by atoms with Crippen LogP contribution in [0.25, 0.3) is 0 Å². The average molecular weight is 302 g/mol. The fraction of sp³-hybridized carbons (Fsp3) is 0.500. The summed E-state index contributed by atoms with van der Waals surface area (Å²) in [5, 5.41) is 0. The zero-order valence-electron chi connectivity index (χ0n) is 11.4. The molecule has 0 saturated heterocycles. The molecule has 0 saturated carbocycles. The third-order valence-electron chi connectivity index (χ3n) is 2.63. The van der Waals surface area contributed by atoms with Crippen molar-refractivity contribution in [2.75, 3.05) is 6.61 Å². The second kappa shape index (κ2) is 8.67. The van der Waals surface area contributed by atoms with Gasteiger partial charge in [0.2, 0.25) is 0 Å². The second-order valence-corrected chi connectivity index (χ2v) is 4.46. The summed E-state index contributed by atoms with van der Waals surface area (Å²) in [6.45, 7) is -1.14. The van der Waals surface area contributed by atoms with Crippen molar-refractivity contribution in [3.63, 3.8) is 0 Å². The van der Waals surface area contributed by atoms with Crippen LogP contribution in [0.5, 0.6) is 5.75 Å². The van der Waals surface area contributed by atoms with Crippen LogP contribution >= 0.6 is 0 Å². The fourth-order valence-electron chi connectivity index (χ4n) is 1.71. The Hall–Kier alpha value is 0.441. The van der Waals surface area contributed by atoms with Gasteiger partial charge in [0.05, 0.1) is 12.4 Å². The molecule has 19 heavy (non-hydrogen) atoms. The van der Waals surface area contributed by atoms with E-state index in [-0.39, 0.29) is 63.9 Å². The van der Waals surface area contributed by atoms with Crippen molar-refractivity contribution < 1.29 is 73.5 Å². The molecule has 0 radical (unpaired) electrons. The van der Waals surface area contributed by atoms with Crippen LogP contribution in [0.15, 0.2) is 18.2 Å². The number of hydrogen-bond acceptors (Lipinski definition) is 1. The summed E-state index contributed by atoms with van der Waals surface area (Å²) >= 11 is 0. The van der Waals surface area contributed by atoms with Crippen molar-refractivity contribution >= 4 is 12.4 Å². The Kier molecular flexibility index (Phi) is 8.87. The van der Waals surface area contributed by atoms with Crippen molar-refractivity contribution in [2.24, 2.45) is 5.92 Å². The van der Waals surface area contributed by atoms with E-state index in [1.165, 1.54) is 0 Å². The van der Waals surface area contributed by atoms with Gasteiger partial charge in [0.1, 0.15) is 5.82 Å². The Morgan fingerprint density at radius 1 is 1.26 bits per heavy atom. The first-order valence-corrected chi connectivity index (χ1v) is 5.96. The summed E-state index contributed by atoms with van der Waals surface area (Å²) in [6.07, 6.45) is 1.80. The molecule has 1 nitrogen and oxygen atoms in total. The van der Waals surface area contributed by atoms with Crippen molar-refractivity contribution in [3.8, 4) is 5.75 Å². The molecule has 0 N–H and O–H groups in total. The van der Waals surface area contributed by atoms with Crippen molar-refractivity contribution in [1.82, 2.24) is 0 Å². The van der Waals surface area contributed by atoms with Crippen LogP contribution in [0.3, 0.4) is 0 Å². The van der Waals surface area contributed by atoms with Gasteiger partial charge in [-0.3, -0.25) is 0 Å². The van der Waals surface area contributed by atoms with Crippen LogP contribution in [0, 0.1) is 11.7 Å². The van der Waals surface area contributed by atoms with Crippen LogP contribution in [-0.4, -0.2) is 13.6 Å². The molecule has 0 aromatic heterocycles. The molecule has 1 unspecified atom stereocenters. The summed E-state index contributed by atoms with van der Waals surface area (Å²) in [5.41, 5.74) is -0.875. The van der Waals surface area contributed by atoms with E-state index in [9.17, 15) is 17.3 Å². The molecule has 0 fully saturated rings. The van der Waals surface area contributed by atoms with Gasteiger partial charge in [0, 0.05) is 6.07 Å². The molecular formula is C12H16BF4KO. The standard InChI is InChI=1S/C12H16BF4O.K/c1-3-4-9(2)8-18-12-7-10(14)5-6-11(12)13(15,16)17;/h5-7,9H,3-4,8H2,1-2H3;/q-1;+1. The summed E-state index contributed by atoms with van der Waals surface area (Å²) < 4.78 is 56.2. The van der Waals surface area contributed by atoms with Gasteiger partial charge in [0.15, 0.2) is 0 Å². The molecule has 1 rings (SSSR count). The number of rotatable bonds is 6. The van der Waals surface area contributed by atoms with E-state index in [1.807, 2.05) is 13.8 Å². The van der Waals surface area contributed by atoms with Crippen LogP contribution in [0.1, 0.15) is 26.7 Å². The maximum atomic E-state index is 13.0. The third kappa shape index (κ3) is 6.62. The zero-order chi connectivity index (χ0) is 13.8. The van der Waals surface area contributed by atoms with Crippen LogP contribution in [0.4, 0.5) is 17.3 Å². The SMILES string of the molecule is CCCC(C)COc1cc(F)ccc1[B-](F)(F)F.[K+]. The molecule has 7 heteroatoms. The van der Waals surface area contributed by atoms with Crippen molar-refractivity contribution in [2.45, 2.75) is 26.7 Å². The van der Waals surface area contributed by atoms with Crippen LogP contribution < -0.4 is 61.6 Å². The van der Waals surface area contributed by atoms with E-state index in [0.717, 1.165) is 31.0 Å². The van der Waals surface area contributed by atoms with Gasteiger partial charge >= 0.3 is 58.4 Å². The molecule has 102 valence electrons. The Labute approximate surface area is 153 Å². The van der Waals surface area contributed by atoms with Crippen molar-refractivity contribution in [3.05, 3.63) is 24.0 Å². The molecule has 1 aromatic carbocycles. The monoisotopic (exact) mass is 302 g/mol.